The van der Waals surface area contributed by atoms with Crippen molar-refractivity contribution in [3.8, 4) is 0 Å². The van der Waals surface area contributed by atoms with Crippen molar-refractivity contribution in [2.75, 3.05) is 7.05 Å². The van der Waals surface area contributed by atoms with Crippen LogP contribution in [0.1, 0.15) is 15.9 Å². The summed E-state index contributed by atoms with van der Waals surface area (Å²) >= 11 is 11.9. The number of rotatable bonds is 3. The second kappa shape index (κ2) is 6.52. The van der Waals surface area contributed by atoms with Crippen molar-refractivity contribution in [3.05, 3.63) is 53.5 Å². The second-order valence-electron chi connectivity index (χ2n) is 4.04. The fourth-order valence-electron chi connectivity index (χ4n) is 1.64. The Labute approximate surface area is 141 Å². The van der Waals surface area contributed by atoms with Crippen molar-refractivity contribution in [1.29, 1.82) is 0 Å². The number of carbonyl (C=O) groups excluding carboxylic acids is 1. The van der Waals surface area contributed by atoms with Crippen molar-refractivity contribution in [2.45, 2.75) is 6.54 Å². The standard InChI is InChI=1S/C13H10Br3NOS/c1-17(6-8-4-12(16)19-7-8)13(18)10-5-9(14)2-3-11(10)15/h2-5,7H,6H2,1H3. The van der Waals surface area contributed by atoms with E-state index in [0.717, 1.165) is 18.3 Å². The zero-order valence-corrected chi connectivity index (χ0v) is 15.6. The molecular formula is C13H10Br3NOS. The van der Waals surface area contributed by atoms with Gasteiger partial charge in [-0.3, -0.25) is 4.79 Å². The highest BCUT2D eigenvalue weighted by Gasteiger charge is 2.16. The maximum atomic E-state index is 12.4. The van der Waals surface area contributed by atoms with Gasteiger partial charge in [0, 0.05) is 22.5 Å². The molecule has 1 heterocycles. The van der Waals surface area contributed by atoms with Crippen LogP contribution in [0.3, 0.4) is 0 Å². The van der Waals surface area contributed by atoms with Crippen LogP contribution in [-0.2, 0) is 6.54 Å². The Morgan fingerprint density at radius 2 is 2.00 bits per heavy atom. The van der Waals surface area contributed by atoms with Gasteiger partial charge in [-0.25, -0.2) is 0 Å². The first-order chi connectivity index (χ1) is 8.97. The Bertz CT molecular complexity index is 612. The average Bonchev–Trinajstić information content (AvgIpc) is 2.77. The zero-order valence-electron chi connectivity index (χ0n) is 9.99. The number of hydrogen-bond acceptors (Lipinski definition) is 2. The van der Waals surface area contributed by atoms with Gasteiger partial charge in [0.2, 0.25) is 0 Å². The van der Waals surface area contributed by atoms with Gasteiger partial charge in [0.15, 0.2) is 0 Å². The molecule has 0 atom stereocenters. The molecule has 0 aliphatic rings. The van der Waals surface area contributed by atoms with E-state index in [9.17, 15) is 4.79 Å². The molecule has 0 aliphatic carbocycles. The van der Waals surface area contributed by atoms with Gasteiger partial charge < -0.3 is 4.90 Å². The maximum absolute atomic E-state index is 12.4. The van der Waals surface area contributed by atoms with E-state index in [1.807, 2.05) is 29.6 Å². The van der Waals surface area contributed by atoms with Gasteiger partial charge in [0.05, 0.1) is 9.35 Å². The summed E-state index contributed by atoms with van der Waals surface area (Å²) in [6, 6.07) is 7.63. The first-order valence-electron chi connectivity index (χ1n) is 5.41. The molecule has 0 aliphatic heterocycles. The fraction of sp³-hybridized carbons (Fsp3) is 0.154. The minimum atomic E-state index is -0.00417. The van der Waals surface area contributed by atoms with Gasteiger partial charge >= 0.3 is 0 Å². The molecule has 1 aromatic heterocycles. The van der Waals surface area contributed by atoms with E-state index in [1.165, 1.54) is 0 Å². The highest BCUT2D eigenvalue weighted by molar-refractivity contribution is 9.11. The van der Waals surface area contributed by atoms with Crippen LogP contribution in [0.5, 0.6) is 0 Å². The molecule has 2 aromatic rings. The normalized spacial score (nSPS) is 10.5. The summed E-state index contributed by atoms with van der Waals surface area (Å²) in [4.78, 5) is 14.1. The molecule has 2 nitrogen and oxygen atoms in total. The molecule has 0 saturated heterocycles. The third-order valence-corrected chi connectivity index (χ3v) is 5.29. The molecule has 1 aromatic carbocycles. The number of hydrogen-bond donors (Lipinski definition) is 0. The summed E-state index contributed by atoms with van der Waals surface area (Å²) in [5, 5.41) is 2.05. The van der Waals surface area contributed by atoms with Crippen LogP contribution in [0, 0.1) is 0 Å². The molecule has 1 amide bonds. The lowest BCUT2D eigenvalue weighted by Gasteiger charge is -2.17. The lowest BCUT2D eigenvalue weighted by atomic mass is 10.2. The molecule has 2 rings (SSSR count). The molecular weight excluding hydrogens is 458 g/mol. The van der Waals surface area contributed by atoms with Crippen molar-refractivity contribution in [1.82, 2.24) is 4.90 Å². The third-order valence-electron chi connectivity index (χ3n) is 2.55. The Morgan fingerprint density at radius 3 is 2.63 bits per heavy atom. The summed E-state index contributed by atoms with van der Waals surface area (Å²) in [6.07, 6.45) is 0. The first-order valence-corrected chi connectivity index (χ1v) is 8.66. The van der Waals surface area contributed by atoms with E-state index in [2.05, 4.69) is 47.8 Å². The van der Waals surface area contributed by atoms with Crippen LogP contribution in [0.2, 0.25) is 0 Å². The molecule has 0 radical (unpaired) electrons. The van der Waals surface area contributed by atoms with Crippen molar-refractivity contribution in [3.63, 3.8) is 0 Å². The Balaban J connectivity index is 2.16. The SMILES string of the molecule is CN(Cc1csc(Br)c1)C(=O)c1cc(Br)ccc1Br. The molecule has 0 spiro atoms. The average molecular weight is 468 g/mol. The van der Waals surface area contributed by atoms with Crippen molar-refractivity contribution in [2.24, 2.45) is 0 Å². The number of halogens is 3. The summed E-state index contributed by atoms with van der Waals surface area (Å²) < 4.78 is 2.77. The molecule has 100 valence electrons. The number of carbonyl (C=O) groups is 1. The monoisotopic (exact) mass is 465 g/mol. The predicted molar refractivity (Wildman–Crippen MR) is 89.7 cm³/mol. The molecule has 6 heteroatoms. The van der Waals surface area contributed by atoms with Gasteiger partial charge in [-0.15, -0.1) is 11.3 Å². The summed E-state index contributed by atoms with van der Waals surface area (Å²) in [6.45, 7) is 0.597. The quantitative estimate of drug-likeness (QED) is 0.599. The maximum Gasteiger partial charge on any atom is 0.255 e. The largest absolute Gasteiger partial charge is 0.337 e. The fourth-order valence-corrected chi connectivity index (χ4v) is 3.62. The first kappa shape index (κ1) is 15.2. The van der Waals surface area contributed by atoms with Gasteiger partial charge in [0.1, 0.15) is 0 Å². The Hall–Kier alpha value is -0.170. The highest BCUT2D eigenvalue weighted by atomic mass is 79.9. The van der Waals surface area contributed by atoms with E-state index >= 15 is 0 Å². The molecule has 0 fully saturated rings. The molecule has 19 heavy (non-hydrogen) atoms. The number of thiophene rings is 1. The number of nitrogens with zero attached hydrogens (tertiary/aromatic N) is 1. The smallest absolute Gasteiger partial charge is 0.255 e. The zero-order chi connectivity index (χ0) is 14.0. The van der Waals surface area contributed by atoms with Crippen LogP contribution in [-0.4, -0.2) is 17.9 Å². The van der Waals surface area contributed by atoms with E-state index in [1.54, 1.807) is 23.3 Å². The summed E-state index contributed by atoms with van der Waals surface area (Å²) in [5.41, 5.74) is 1.78. The van der Waals surface area contributed by atoms with Crippen LogP contribution < -0.4 is 0 Å². The van der Waals surface area contributed by atoms with Crippen LogP contribution >= 0.6 is 59.1 Å². The molecule has 0 N–H and O–H groups in total. The molecule has 0 unspecified atom stereocenters. The topological polar surface area (TPSA) is 20.3 Å². The van der Waals surface area contributed by atoms with Crippen molar-refractivity contribution >= 4 is 65.0 Å². The number of benzene rings is 1. The van der Waals surface area contributed by atoms with Gasteiger partial charge in [-0.1, -0.05) is 15.9 Å². The Kier molecular flexibility index (Phi) is 5.22. The third kappa shape index (κ3) is 3.90. The van der Waals surface area contributed by atoms with E-state index in [0.29, 0.717) is 12.1 Å². The van der Waals surface area contributed by atoms with Gasteiger partial charge in [-0.2, -0.15) is 0 Å². The van der Waals surface area contributed by atoms with Crippen molar-refractivity contribution < 1.29 is 4.79 Å². The molecule has 0 bridgehead atoms. The second-order valence-corrected chi connectivity index (χ2v) is 8.10. The van der Waals surface area contributed by atoms with Gasteiger partial charge in [0.25, 0.3) is 5.91 Å². The van der Waals surface area contributed by atoms with E-state index in [4.69, 9.17) is 0 Å². The minimum Gasteiger partial charge on any atom is -0.337 e. The minimum absolute atomic E-state index is 0.00417. The highest BCUT2D eigenvalue weighted by Crippen LogP contribution is 2.25. The van der Waals surface area contributed by atoms with Gasteiger partial charge in [-0.05, 0) is 67.1 Å². The summed E-state index contributed by atoms with van der Waals surface area (Å²) in [7, 11) is 1.81. The predicted octanol–water partition coefficient (Wildman–Crippen LogP) is 5.31. The lowest BCUT2D eigenvalue weighted by Crippen LogP contribution is -2.26. The lowest BCUT2D eigenvalue weighted by molar-refractivity contribution is 0.0784. The van der Waals surface area contributed by atoms with Crippen LogP contribution in [0.15, 0.2) is 42.4 Å². The number of amides is 1. The molecule has 0 saturated carbocycles. The van der Waals surface area contributed by atoms with Crippen LogP contribution in [0.4, 0.5) is 0 Å². The summed E-state index contributed by atoms with van der Waals surface area (Å²) in [5.74, 6) is -0.00417. The van der Waals surface area contributed by atoms with Crippen LogP contribution in [0.25, 0.3) is 0 Å². The Morgan fingerprint density at radius 1 is 1.26 bits per heavy atom. The van der Waals surface area contributed by atoms with E-state index in [-0.39, 0.29) is 5.91 Å². The van der Waals surface area contributed by atoms with E-state index < -0.39 is 0 Å².